The molecular formula is C16H9BrClNO3S. The van der Waals surface area contributed by atoms with Gasteiger partial charge >= 0.3 is 0 Å². The SMILES string of the molecule is O=C(Nc1ccc2c(c1)OCO2)c1sc2cc(Br)ccc2c1Cl. The molecule has 1 amide bonds. The molecule has 0 spiro atoms. The average Bonchev–Trinajstić information content (AvgIpc) is 3.11. The fraction of sp³-hybridized carbons (Fsp3) is 0.0625. The van der Waals surface area contributed by atoms with E-state index in [4.69, 9.17) is 21.1 Å². The van der Waals surface area contributed by atoms with Crippen LogP contribution in [0.3, 0.4) is 0 Å². The standard InChI is InChI=1S/C16H9BrClNO3S/c17-8-1-3-10-13(5-8)23-15(14(10)18)16(20)19-9-2-4-11-12(6-9)22-7-21-11/h1-6H,7H2,(H,19,20). The number of nitrogens with one attached hydrogen (secondary N) is 1. The quantitative estimate of drug-likeness (QED) is 0.624. The van der Waals surface area contributed by atoms with Crippen LogP contribution in [0, 0.1) is 0 Å². The Bertz CT molecular complexity index is 940. The van der Waals surface area contributed by atoms with Gasteiger partial charge in [0.2, 0.25) is 6.79 Å². The van der Waals surface area contributed by atoms with Crippen molar-refractivity contribution in [2.45, 2.75) is 0 Å². The summed E-state index contributed by atoms with van der Waals surface area (Å²) in [4.78, 5) is 13.0. The van der Waals surface area contributed by atoms with E-state index in [2.05, 4.69) is 21.2 Å². The molecule has 0 radical (unpaired) electrons. The Morgan fingerprint density at radius 1 is 1.17 bits per heavy atom. The second-order valence-electron chi connectivity index (χ2n) is 4.91. The molecule has 0 saturated heterocycles. The fourth-order valence-electron chi connectivity index (χ4n) is 2.35. The van der Waals surface area contributed by atoms with Gasteiger partial charge in [0.15, 0.2) is 11.5 Å². The summed E-state index contributed by atoms with van der Waals surface area (Å²) in [5.41, 5.74) is 0.633. The first-order valence-corrected chi connectivity index (χ1v) is 8.69. The van der Waals surface area contributed by atoms with E-state index < -0.39 is 0 Å². The molecule has 23 heavy (non-hydrogen) atoms. The highest BCUT2D eigenvalue weighted by atomic mass is 79.9. The molecule has 0 atom stereocenters. The normalized spacial score (nSPS) is 12.6. The van der Waals surface area contributed by atoms with Crippen molar-refractivity contribution in [3.63, 3.8) is 0 Å². The number of halogens is 2. The highest BCUT2D eigenvalue weighted by Gasteiger charge is 2.19. The molecule has 7 heteroatoms. The smallest absolute Gasteiger partial charge is 0.267 e. The van der Waals surface area contributed by atoms with Crippen molar-refractivity contribution in [3.05, 3.63) is 50.8 Å². The summed E-state index contributed by atoms with van der Waals surface area (Å²) in [6.07, 6.45) is 0. The van der Waals surface area contributed by atoms with E-state index >= 15 is 0 Å². The van der Waals surface area contributed by atoms with Crippen LogP contribution >= 0.6 is 38.9 Å². The van der Waals surface area contributed by atoms with E-state index in [-0.39, 0.29) is 12.7 Å². The van der Waals surface area contributed by atoms with Crippen molar-refractivity contribution < 1.29 is 14.3 Å². The van der Waals surface area contributed by atoms with Gasteiger partial charge in [0.1, 0.15) is 4.88 Å². The minimum atomic E-state index is -0.244. The first-order valence-electron chi connectivity index (χ1n) is 6.70. The van der Waals surface area contributed by atoms with Crippen molar-refractivity contribution in [2.24, 2.45) is 0 Å². The highest BCUT2D eigenvalue weighted by Crippen LogP contribution is 2.38. The third-order valence-corrected chi connectivity index (χ3v) is 5.58. The topological polar surface area (TPSA) is 47.6 Å². The molecule has 0 aliphatic carbocycles. The molecule has 1 N–H and O–H groups in total. The minimum Gasteiger partial charge on any atom is -0.454 e. The fourth-order valence-corrected chi connectivity index (χ4v) is 4.31. The van der Waals surface area contributed by atoms with E-state index in [0.717, 1.165) is 14.6 Å². The number of amides is 1. The van der Waals surface area contributed by atoms with Crippen LogP contribution in [0.15, 0.2) is 40.9 Å². The Morgan fingerprint density at radius 3 is 2.87 bits per heavy atom. The van der Waals surface area contributed by atoms with Crippen LogP contribution in [0.25, 0.3) is 10.1 Å². The molecule has 2 heterocycles. The molecule has 1 aliphatic rings. The molecular weight excluding hydrogens is 402 g/mol. The third-order valence-electron chi connectivity index (χ3n) is 3.43. The predicted molar refractivity (Wildman–Crippen MR) is 95.1 cm³/mol. The Hall–Kier alpha value is -1.76. The van der Waals surface area contributed by atoms with Gasteiger partial charge in [-0.15, -0.1) is 11.3 Å². The maximum Gasteiger partial charge on any atom is 0.267 e. The number of rotatable bonds is 2. The van der Waals surface area contributed by atoms with Crippen molar-refractivity contribution in [1.29, 1.82) is 0 Å². The number of thiophene rings is 1. The largest absolute Gasteiger partial charge is 0.454 e. The zero-order valence-corrected chi connectivity index (χ0v) is 14.7. The van der Waals surface area contributed by atoms with Crippen LogP contribution in [0.1, 0.15) is 9.67 Å². The minimum absolute atomic E-state index is 0.198. The van der Waals surface area contributed by atoms with Crippen molar-refractivity contribution in [3.8, 4) is 11.5 Å². The first-order chi connectivity index (χ1) is 11.1. The molecule has 0 saturated carbocycles. The molecule has 116 valence electrons. The number of hydrogen-bond donors (Lipinski definition) is 1. The molecule has 0 fully saturated rings. The molecule has 0 unspecified atom stereocenters. The van der Waals surface area contributed by atoms with Crippen LogP contribution in [0.5, 0.6) is 11.5 Å². The maximum atomic E-state index is 12.5. The summed E-state index contributed by atoms with van der Waals surface area (Å²) >= 11 is 11.1. The highest BCUT2D eigenvalue weighted by molar-refractivity contribution is 9.10. The number of benzene rings is 2. The number of carbonyl (C=O) groups is 1. The van der Waals surface area contributed by atoms with Gasteiger partial charge in [0.25, 0.3) is 5.91 Å². The summed E-state index contributed by atoms with van der Waals surface area (Å²) in [6.45, 7) is 0.198. The molecule has 4 rings (SSSR count). The predicted octanol–water partition coefficient (Wildman–Crippen LogP) is 5.30. The zero-order chi connectivity index (χ0) is 16.0. The molecule has 3 aromatic rings. The van der Waals surface area contributed by atoms with Crippen molar-refractivity contribution in [1.82, 2.24) is 0 Å². The van der Waals surface area contributed by atoms with Gasteiger partial charge in [-0.2, -0.15) is 0 Å². The first kappa shape index (κ1) is 14.8. The number of carbonyl (C=O) groups excluding carboxylic acids is 1. The molecule has 0 bridgehead atoms. The van der Waals surface area contributed by atoms with Gasteiger partial charge in [-0.3, -0.25) is 4.79 Å². The number of anilines is 1. The summed E-state index contributed by atoms with van der Waals surface area (Å²) in [7, 11) is 0. The van der Waals surface area contributed by atoms with Gasteiger partial charge in [-0.25, -0.2) is 0 Å². The molecule has 1 aliphatic heterocycles. The second kappa shape index (κ2) is 5.70. The molecule has 4 nitrogen and oxygen atoms in total. The van der Waals surface area contributed by atoms with Gasteiger partial charge in [0.05, 0.1) is 5.02 Å². The maximum absolute atomic E-state index is 12.5. The van der Waals surface area contributed by atoms with Crippen molar-refractivity contribution >= 4 is 60.5 Å². The van der Waals surface area contributed by atoms with E-state index in [1.807, 2.05) is 18.2 Å². The zero-order valence-electron chi connectivity index (χ0n) is 11.6. The monoisotopic (exact) mass is 409 g/mol. The van der Waals surface area contributed by atoms with Crippen LogP contribution in [-0.2, 0) is 0 Å². The molecule has 1 aromatic heterocycles. The van der Waals surface area contributed by atoms with Gasteiger partial charge < -0.3 is 14.8 Å². The Morgan fingerprint density at radius 2 is 2.00 bits per heavy atom. The Kier molecular flexibility index (Phi) is 3.67. The second-order valence-corrected chi connectivity index (χ2v) is 7.25. The van der Waals surface area contributed by atoms with Crippen LogP contribution in [0.4, 0.5) is 5.69 Å². The van der Waals surface area contributed by atoms with Crippen LogP contribution in [-0.4, -0.2) is 12.7 Å². The van der Waals surface area contributed by atoms with Gasteiger partial charge in [0, 0.05) is 26.3 Å². The Labute approximate surface area is 149 Å². The lowest BCUT2D eigenvalue weighted by molar-refractivity contribution is 0.103. The van der Waals surface area contributed by atoms with E-state index in [9.17, 15) is 4.79 Å². The van der Waals surface area contributed by atoms with E-state index in [1.165, 1.54) is 11.3 Å². The summed E-state index contributed by atoms with van der Waals surface area (Å²) in [5.74, 6) is 1.05. The third kappa shape index (κ3) is 2.67. The summed E-state index contributed by atoms with van der Waals surface area (Å²) in [6, 6.07) is 11.0. The lowest BCUT2D eigenvalue weighted by Gasteiger charge is -2.05. The number of hydrogen-bond acceptors (Lipinski definition) is 4. The van der Waals surface area contributed by atoms with E-state index in [0.29, 0.717) is 27.1 Å². The van der Waals surface area contributed by atoms with E-state index in [1.54, 1.807) is 18.2 Å². The van der Waals surface area contributed by atoms with Gasteiger partial charge in [-0.05, 0) is 24.3 Å². The van der Waals surface area contributed by atoms with Crippen LogP contribution < -0.4 is 14.8 Å². The Balaban J connectivity index is 1.65. The van der Waals surface area contributed by atoms with Crippen LogP contribution in [0.2, 0.25) is 5.02 Å². The summed E-state index contributed by atoms with van der Waals surface area (Å²) < 4.78 is 12.5. The average molecular weight is 411 g/mol. The molecule has 2 aromatic carbocycles. The van der Waals surface area contributed by atoms with Gasteiger partial charge in [-0.1, -0.05) is 33.6 Å². The van der Waals surface area contributed by atoms with Crippen molar-refractivity contribution in [2.75, 3.05) is 12.1 Å². The lowest BCUT2D eigenvalue weighted by atomic mass is 10.2. The summed E-state index contributed by atoms with van der Waals surface area (Å²) in [5, 5.41) is 4.18. The number of ether oxygens (including phenoxy) is 2. The number of fused-ring (bicyclic) bond motifs is 2. The lowest BCUT2D eigenvalue weighted by Crippen LogP contribution is -2.10.